The molecule has 7 nitrogen and oxygen atoms in total. The SMILES string of the molecule is O=C(Nc1cnc(F)c(Cl)c1)NC1CCN(c2cccc(OC(F)(F)F)c2)C1=O. The Morgan fingerprint density at radius 3 is 2.76 bits per heavy atom. The van der Waals surface area contributed by atoms with Crippen LogP contribution in [0, 0.1) is 5.95 Å². The monoisotopic (exact) mass is 432 g/mol. The van der Waals surface area contributed by atoms with Gasteiger partial charge in [0.1, 0.15) is 11.8 Å². The number of ether oxygens (including phenoxy) is 1. The predicted octanol–water partition coefficient (Wildman–Crippen LogP) is 3.70. The van der Waals surface area contributed by atoms with Crippen molar-refractivity contribution in [3.8, 4) is 5.75 Å². The number of urea groups is 1. The number of carbonyl (C=O) groups excluding carboxylic acids is 2. The first-order valence-electron chi connectivity index (χ1n) is 8.18. The minimum atomic E-state index is -4.85. The minimum Gasteiger partial charge on any atom is -0.406 e. The first kappa shape index (κ1) is 20.6. The van der Waals surface area contributed by atoms with Crippen molar-refractivity contribution in [2.45, 2.75) is 18.8 Å². The second kappa shape index (κ2) is 8.11. The largest absolute Gasteiger partial charge is 0.573 e. The van der Waals surface area contributed by atoms with Crippen molar-refractivity contribution in [2.24, 2.45) is 0 Å². The topological polar surface area (TPSA) is 83.6 Å². The van der Waals surface area contributed by atoms with Gasteiger partial charge in [-0.2, -0.15) is 4.39 Å². The van der Waals surface area contributed by atoms with Crippen molar-refractivity contribution in [3.05, 3.63) is 47.5 Å². The molecule has 1 aromatic carbocycles. The van der Waals surface area contributed by atoms with E-state index >= 15 is 0 Å². The molecule has 3 amide bonds. The molecule has 0 aliphatic carbocycles. The van der Waals surface area contributed by atoms with E-state index in [0.29, 0.717) is 0 Å². The summed E-state index contributed by atoms with van der Waals surface area (Å²) in [7, 11) is 0. The summed E-state index contributed by atoms with van der Waals surface area (Å²) >= 11 is 5.58. The molecule has 1 unspecified atom stereocenters. The maximum Gasteiger partial charge on any atom is 0.573 e. The Kier molecular flexibility index (Phi) is 5.78. The Bertz CT molecular complexity index is 941. The zero-order valence-electron chi connectivity index (χ0n) is 14.5. The maximum atomic E-state index is 13.0. The van der Waals surface area contributed by atoms with Crippen LogP contribution in [-0.2, 0) is 4.79 Å². The smallest absolute Gasteiger partial charge is 0.406 e. The van der Waals surface area contributed by atoms with Gasteiger partial charge in [-0.3, -0.25) is 4.79 Å². The van der Waals surface area contributed by atoms with Crippen LogP contribution in [0.25, 0.3) is 0 Å². The number of anilines is 2. The molecule has 1 aliphatic rings. The van der Waals surface area contributed by atoms with Crippen molar-refractivity contribution in [1.82, 2.24) is 10.3 Å². The fraction of sp³-hybridized carbons (Fsp3) is 0.235. The van der Waals surface area contributed by atoms with Gasteiger partial charge in [0.05, 0.1) is 16.9 Å². The van der Waals surface area contributed by atoms with Gasteiger partial charge in [0.2, 0.25) is 11.9 Å². The summed E-state index contributed by atoms with van der Waals surface area (Å²) in [5.41, 5.74) is 0.323. The summed E-state index contributed by atoms with van der Waals surface area (Å²) in [4.78, 5) is 29.2. The summed E-state index contributed by atoms with van der Waals surface area (Å²) < 4.78 is 54.0. The molecule has 154 valence electrons. The van der Waals surface area contributed by atoms with E-state index in [1.807, 2.05) is 0 Å². The van der Waals surface area contributed by atoms with Crippen molar-refractivity contribution in [1.29, 1.82) is 0 Å². The van der Waals surface area contributed by atoms with E-state index in [4.69, 9.17) is 11.6 Å². The summed E-state index contributed by atoms with van der Waals surface area (Å²) in [6.45, 7) is 0.184. The Balaban J connectivity index is 1.63. The molecular weight excluding hydrogens is 420 g/mol. The van der Waals surface area contributed by atoms with Crippen molar-refractivity contribution in [2.75, 3.05) is 16.8 Å². The van der Waals surface area contributed by atoms with Crippen LogP contribution in [0.5, 0.6) is 5.75 Å². The van der Waals surface area contributed by atoms with Crippen LogP contribution in [-0.4, -0.2) is 35.9 Å². The molecule has 1 saturated heterocycles. The standard InChI is InChI=1S/C17H13ClF4N4O3/c18-12-6-9(8-23-14(12)19)24-16(28)25-13-4-5-26(15(13)27)10-2-1-3-11(7-10)29-17(20,21)22/h1-3,6-8,13H,4-5H2,(H2,24,25,28). The molecule has 1 aliphatic heterocycles. The fourth-order valence-electron chi connectivity index (χ4n) is 2.73. The number of pyridine rings is 1. The molecule has 0 bridgehead atoms. The second-order valence-corrected chi connectivity index (χ2v) is 6.38. The molecule has 1 atom stereocenters. The number of alkyl halides is 3. The first-order chi connectivity index (χ1) is 13.6. The number of hydrogen-bond acceptors (Lipinski definition) is 4. The average molecular weight is 433 g/mol. The molecular formula is C17H13ClF4N4O3. The molecule has 12 heteroatoms. The highest BCUT2D eigenvalue weighted by Gasteiger charge is 2.35. The normalized spacial score (nSPS) is 16.7. The van der Waals surface area contributed by atoms with E-state index in [9.17, 15) is 27.2 Å². The van der Waals surface area contributed by atoms with Gasteiger partial charge in [0.15, 0.2) is 0 Å². The molecule has 3 rings (SSSR count). The first-order valence-corrected chi connectivity index (χ1v) is 8.56. The van der Waals surface area contributed by atoms with E-state index in [1.54, 1.807) is 0 Å². The number of aromatic nitrogens is 1. The van der Waals surface area contributed by atoms with Gasteiger partial charge in [0.25, 0.3) is 0 Å². The van der Waals surface area contributed by atoms with E-state index < -0.39 is 36.0 Å². The third-order valence-corrected chi connectivity index (χ3v) is 4.19. The minimum absolute atomic E-state index is 0.119. The van der Waals surface area contributed by atoms with Gasteiger partial charge in [-0.25, -0.2) is 9.78 Å². The molecule has 1 aromatic heterocycles. The van der Waals surface area contributed by atoms with Crippen LogP contribution in [0.1, 0.15) is 6.42 Å². The number of nitrogens with one attached hydrogen (secondary N) is 2. The third kappa shape index (κ3) is 5.25. The van der Waals surface area contributed by atoms with Gasteiger partial charge in [0, 0.05) is 18.3 Å². The van der Waals surface area contributed by atoms with Crippen molar-refractivity contribution >= 4 is 34.9 Å². The summed E-state index contributed by atoms with van der Waals surface area (Å²) in [6, 6.07) is 4.48. The Morgan fingerprint density at radius 1 is 1.31 bits per heavy atom. The van der Waals surface area contributed by atoms with Gasteiger partial charge >= 0.3 is 12.4 Å². The zero-order chi connectivity index (χ0) is 21.2. The number of hydrogen-bond donors (Lipinski definition) is 2. The Labute approximate surface area is 166 Å². The lowest BCUT2D eigenvalue weighted by Gasteiger charge is -2.18. The summed E-state index contributed by atoms with van der Waals surface area (Å²) in [6.07, 6.45) is -3.57. The Morgan fingerprint density at radius 2 is 2.07 bits per heavy atom. The van der Waals surface area contributed by atoms with Crippen LogP contribution in [0.15, 0.2) is 36.5 Å². The molecule has 2 N–H and O–H groups in total. The number of nitrogens with zero attached hydrogens (tertiary/aromatic N) is 2. The van der Waals surface area contributed by atoms with E-state index in [-0.39, 0.29) is 29.4 Å². The summed E-state index contributed by atoms with van der Waals surface area (Å²) in [5, 5.41) is 4.53. The molecule has 0 radical (unpaired) electrons. The fourth-order valence-corrected chi connectivity index (χ4v) is 2.90. The van der Waals surface area contributed by atoms with E-state index in [0.717, 1.165) is 24.4 Å². The average Bonchev–Trinajstić information content (AvgIpc) is 2.97. The van der Waals surface area contributed by atoms with Crippen LogP contribution in [0.4, 0.5) is 33.7 Å². The van der Waals surface area contributed by atoms with Crippen molar-refractivity contribution in [3.63, 3.8) is 0 Å². The molecule has 2 heterocycles. The van der Waals surface area contributed by atoms with Crippen LogP contribution in [0.2, 0.25) is 5.02 Å². The van der Waals surface area contributed by atoms with Gasteiger partial charge in [-0.05, 0) is 24.6 Å². The lowest BCUT2D eigenvalue weighted by molar-refractivity contribution is -0.274. The van der Waals surface area contributed by atoms with Crippen LogP contribution in [0.3, 0.4) is 0 Å². The zero-order valence-corrected chi connectivity index (χ0v) is 15.2. The number of carbonyl (C=O) groups is 2. The number of amides is 3. The highest BCUT2D eigenvalue weighted by molar-refractivity contribution is 6.30. The van der Waals surface area contributed by atoms with Gasteiger partial charge in [-0.1, -0.05) is 17.7 Å². The molecule has 29 heavy (non-hydrogen) atoms. The number of benzene rings is 1. The number of halogens is 5. The van der Waals surface area contributed by atoms with Crippen molar-refractivity contribution < 1.29 is 31.9 Å². The second-order valence-electron chi connectivity index (χ2n) is 5.97. The number of rotatable bonds is 4. The molecule has 0 saturated carbocycles. The van der Waals surface area contributed by atoms with E-state index in [1.165, 1.54) is 17.0 Å². The van der Waals surface area contributed by atoms with Gasteiger partial charge < -0.3 is 20.3 Å². The summed E-state index contributed by atoms with van der Waals surface area (Å²) in [5.74, 6) is -1.85. The lowest BCUT2D eigenvalue weighted by Crippen LogP contribution is -2.43. The predicted molar refractivity (Wildman–Crippen MR) is 95.2 cm³/mol. The highest BCUT2D eigenvalue weighted by Crippen LogP contribution is 2.29. The molecule has 0 spiro atoms. The van der Waals surface area contributed by atoms with E-state index in [2.05, 4.69) is 20.4 Å². The maximum absolute atomic E-state index is 13.0. The third-order valence-electron chi connectivity index (χ3n) is 3.93. The molecule has 2 aromatic rings. The van der Waals surface area contributed by atoms with Crippen LogP contribution >= 0.6 is 11.6 Å². The highest BCUT2D eigenvalue weighted by atomic mass is 35.5. The molecule has 1 fully saturated rings. The quantitative estimate of drug-likeness (QED) is 0.570. The lowest BCUT2D eigenvalue weighted by atomic mass is 10.2. The van der Waals surface area contributed by atoms with Gasteiger partial charge in [-0.15, -0.1) is 13.2 Å². The Hall–Kier alpha value is -3.08. The van der Waals surface area contributed by atoms with Crippen LogP contribution < -0.4 is 20.3 Å².